The van der Waals surface area contributed by atoms with E-state index >= 15 is 0 Å². The Morgan fingerprint density at radius 1 is 1.22 bits per heavy atom. The Bertz CT molecular complexity index is 768. The lowest BCUT2D eigenvalue weighted by Crippen LogP contribution is -2.39. The molecule has 1 amide bonds. The SMILES string of the molecule is CC1c2nc(CC(=O)NCc3ncccn3)cn2CCN1CC1CCCC1. The highest BCUT2D eigenvalue weighted by molar-refractivity contribution is 5.77. The smallest absolute Gasteiger partial charge is 0.226 e. The van der Waals surface area contributed by atoms with Crippen molar-refractivity contribution in [1.29, 1.82) is 0 Å². The quantitative estimate of drug-likeness (QED) is 0.845. The Kier molecular flexibility index (Phi) is 5.48. The number of imidazole rings is 1. The first-order valence-corrected chi connectivity index (χ1v) is 10.0. The molecule has 7 nitrogen and oxygen atoms in total. The van der Waals surface area contributed by atoms with Gasteiger partial charge in [0.2, 0.25) is 5.91 Å². The summed E-state index contributed by atoms with van der Waals surface area (Å²) in [4.78, 5) is 27.8. The number of amides is 1. The zero-order valence-electron chi connectivity index (χ0n) is 16.0. The van der Waals surface area contributed by atoms with Crippen LogP contribution in [0.25, 0.3) is 0 Å². The molecule has 1 unspecified atom stereocenters. The summed E-state index contributed by atoms with van der Waals surface area (Å²) in [5.41, 5.74) is 0.839. The number of nitrogens with zero attached hydrogens (tertiary/aromatic N) is 5. The Labute approximate surface area is 160 Å². The molecule has 0 radical (unpaired) electrons. The first kappa shape index (κ1) is 18.1. The zero-order chi connectivity index (χ0) is 18.6. The van der Waals surface area contributed by atoms with Gasteiger partial charge in [0.15, 0.2) is 0 Å². The predicted molar refractivity (Wildman–Crippen MR) is 102 cm³/mol. The van der Waals surface area contributed by atoms with Crippen LogP contribution in [-0.4, -0.2) is 43.4 Å². The van der Waals surface area contributed by atoms with Crippen molar-refractivity contribution < 1.29 is 4.79 Å². The van der Waals surface area contributed by atoms with Crippen molar-refractivity contribution in [2.24, 2.45) is 5.92 Å². The second kappa shape index (κ2) is 8.17. The molecule has 7 heteroatoms. The van der Waals surface area contributed by atoms with Gasteiger partial charge in [0.25, 0.3) is 0 Å². The Balaban J connectivity index is 1.34. The maximum Gasteiger partial charge on any atom is 0.226 e. The standard InChI is InChI=1S/C20H28N6O/c1-15-20-24-17(11-19(27)23-12-18-21-7-4-8-22-18)14-26(20)10-9-25(15)13-16-5-2-3-6-16/h4,7-8,14-16H,2-3,5-6,9-13H2,1H3,(H,23,27). The molecule has 1 saturated carbocycles. The van der Waals surface area contributed by atoms with Crippen molar-refractivity contribution in [1.82, 2.24) is 29.7 Å². The van der Waals surface area contributed by atoms with Crippen molar-refractivity contribution in [2.75, 3.05) is 13.1 Å². The summed E-state index contributed by atoms with van der Waals surface area (Å²) >= 11 is 0. The number of hydrogen-bond acceptors (Lipinski definition) is 5. The topological polar surface area (TPSA) is 75.9 Å². The van der Waals surface area contributed by atoms with Gasteiger partial charge in [-0.3, -0.25) is 9.69 Å². The van der Waals surface area contributed by atoms with Crippen LogP contribution in [0.15, 0.2) is 24.7 Å². The Hall–Kier alpha value is -2.28. The van der Waals surface area contributed by atoms with Gasteiger partial charge in [0, 0.05) is 38.2 Å². The van der Waals surface area contributed by atoms with Gasteiger partial charge in [-0.2, -0.15) is 0 Å². The van der Waals surface area contributed by atoms with Crippen LogP contribution in [0.5, 0.6) is 0 Å². The molecule has 4 rings (SSSR count). The van der Waals surface area contributed by atoms with Crippen LogP contribution in [0, 0.1) is 5.92 Å². The minimum atomic E-state index is -0.0478. The van der Waals surface area contributed by atoms with Crippen LogP contribution < -0.4 is 5.32 Å². The molecule has 1 atom stereocenters. The van der Waals surface area contributed by atoms with Gasteiger partial charge in [-0.05, 0) is 31.7 Å². The fourth-order valence-corrected chi connectivity index (χ4v) is 4.28. The highest BCUT2D eigenvalue weighted by atomic mass is 16.1. The average Bonchev–Trinajstić information content (AvgIpc) is 3.33. The van der Waals surface area contributed by atoms with E-state index in [1.54, 1.807) is 18.5 Å². The largest absolute Gasteiger partial charge is 0.348 e. The van der Waals surface area contributed by atoms with Gasteiger partial charge in [0.05, 0.1) is 24.7 Å². The fourth-order valence-electron chi connectivity index (χ4n) is 4.28. The molecule has 1 aliphatic heterocycles. The van der Waals surface area contributed by atoms with Crippen LogP contribution in [-0.2, 0) is 24.3 Å². The van der Waals surface area contributed by atoms with Gasteiger partial charge in [-0.1, -0.05) is 12.8 Å². The number of rotatable bonds is 6. The maximum absolute atomic E-state index is 12.2. The van der Waals surface area contributed by atoms with Gasteiger partial charge in [-0.25, -0.2) is 15.0 Å². The molecule has 27 heavy (non-hydrogen) atoms. The molecular weight excluding hydrogens is 340 g/mol. The Morgan fingerprint density at radius 2 is 2.00 bits per heavy atom. The summed E-state index contributed by atoms with van der Waals surface area (Å²) < 4.78 is 2.22. The first-order valence-electron chi connectivity index (χ1n) is 10.0. The lowest BCUT2D eigenvalue weighted by Gasteiger charge is -2.35. The molecule has 1 N–H and O–H groups in total. The lowest BCUT2D eigenvalue weighted by molar-refractivity contribution is -0.120. The highest BCUT2D eigenvalue weighted by Crippen LogP contribution is 2.30. The molecule has 1 fully saturated rings. The van der Waals surface area contributed by atoms with Crippen molar-refractivity contribution in [3.63, 3.8) is 0 Å². The van der Waals surface area contributed by atoms with Crippen molar-refractivity contribution >= 4 is 5.91 Å². The molecule has 3 heterocycles. The van der Waals surface area contributed by atoms with E-state index in [1.165, 1.54) is 32.2 Å². The van der Waals surface area contributed by atoms with E-state index in [1.807, 2.05) is 6.20 Å². The van der Waals surface area contributed by atoms with Crippen molar-refractivity contribution in [2.45, 2.75) is 58.2 Å². The molecule has 2 aromatic rings. The molecular formula is C20H28N6O. The second-order valence-electron chi connectivity index (χ2n) is 7.72. The van der Waals surface area contributed by atoms with Crippen LogP contribution in [0.1, 0.15) is 56.0 Å². The third-order valence-electron chi connectivity index (χ3n) is 5.78. The molecule has 0 saturated heterocycles. The molecule has 1 aliphatic carbocycles. The van der Waals surface area contributed by atoms with E-state index in [0.29, 0.717) is 24.8 Å². The molecule has 0 aromatic carbocycles. The van der Waals surface area contributed by atoms with Gasteiger partial charge < -0.3 is 9.88 Å². The van der Waals surface area contributed by atoms with Crippen molar-refractivity contribution in [3.8, 4) is 0 Å². The normalized spacial score (nSPS) is 20.6. The third-order valence-corrected chi connectivity index (χ3v) is 5.78. The molecule has 2 aliphatic rings. The minimum absolute atomic E-state index is 0.0478. The predicted octanol–water partition coefficient (Wildman–Crippen LogP) is 2.10. The zero-order valence-corrected chi connectivity index (χ0v) is 16.0. The van der Waals surface area contributed by atoms with E-state index in [2.05, 4.69) is 31.7 Å². The number of hydrogen-bond donors (Lipinski definition) is 1. The van der Waals surface area contributed by atoms with Gasteiger partial charge in [0.1, 0.15) is 11.6 Å². The fraction of sp³-hybridized carbons (Fsp3) is 0.600. The van der Waals surface area contributed by atoms with Crippen LogP contribution in [0.2, 0.25) is 0 Å². The number of carbonyl (C=O) groups excluding carboxylic acids is 1. The van der Waals surface area contributed by atoms with E-state index in [4.69, 9.17) is 4.98 Å². The monoisotopic (exact) mass is 368 g/mol. The summed E-state index contributed by atoms with van der Waals surface area (Å²) in [6.07, 6.45) is 11.2. The summed E-state index contributed by atoms with van der Waals surface area (Å²) in [5.74, 6) is 2.51. The van der Waals surface area contributed by atoms with E-state index in [-0.39, 0.29) is 5.91 Å². The van der Waals surface area contributed by atoms with Crippen molar-refractivity contribution in [3.05, 3.63) is 42.0 Å². The first-order chi connectivity index (χ1) is 13.2. The highest BCUT2D eigenvalue weighted by Gasteiger charge is 2.29. The van der Waals surface area contributed by atoms with E-state index in [9.17, 15) is 4.79 Å². The van der Waals surface area contributed by atoms with Gasteiger partial charge >= 0.3 is 0 Å². The molecule has 0 bridgehead atoms. The molecule has 144 valence electrons. The maximum atomic E-state index is 12.2. The summed E-state index contributed by atoms with van der Waals surface area (Å²) in [5, 5.41) is 2.87. The summed E-state index contributed by atoms with van der Waals surface area (Å²) in [6.45, 7) is 5.79. The number of aromatic nitrogens is 4. The van der Waals surface area contributed by atoms with Crippen LogP contribution in [0.3, 0.4) is 0 Å². The number of fused-ring (bicyclic) bond motifs is 1. The molecule has 0 spiro atoms. The molecule has 2 aromatic heterocycles. The van der Waals surface area contributed by atoms with E-state index in [0.717, 1.165) is 30.5 Å². The third kappa shape index (κ3) is 4.35. The minimum Gasteiger partial charge on any atom is -0.348 e. The second-order valence-corrected chi connectivity index (χ2v) is 7.72. The number of carbonyl (C=O) groups is 1. The van der Waals surface area contributed by atoms with E-state index < -0.39 is 0 Å². The number of nitrogens with one attached hydrogen (secondary N) is 1. The summed E-state index contributed by atoms with van der Waals surface area (Å²) in [7, 11) is 0. The Morgan fingerprint density at radius 3 is 2.78 bits per heavy atom. The van der Waals surface area contributed by atoms with Crippen LogP contribution in [0.4, 0.5) is 0 Å². The van der Waals surface area contributed by atoms with Crippen LogP contribution >= 0.6 is 0 Å². The van der Waals surface area contributed by atoms with Gasteiger partial charge in [-0.15, -0.1) is 0 Å². The summed E-state index contributed by atoms with van der Waals surface area (Å²) in [6, 6.07) is 2.08. The lowest BCUT2D eigenvalue weighted by atomic mass is 10.1. The average molecular weight is 368 g/mol.